The fourth-order valence-electron chi connectivity index (χ4n) is 2.37. The second kappa shape index (κ2) is 7.77. The van der Waals surface area contributed by atoms with Crippen LogP contribution in [0.15, 0.2) is 57.9 Å². The smallest absolute Gasteiger partial charge is 0.244 e. The van der Waals surface area contributed by atoms with Gasteiger partial charge in [0.05, 0.1) is 25.2 Å². The molecule has 3 rings (SSSR count). The zero-order valence-corrected chi connectivity index (χ0v) is 15.9. The van der Waals surface area contributed by atoms with Crippen LogP contribution in [-0.2, 0) is 10.0 Å². The summed E-state index contributed by atoms with van der Waals surface area (Å²) in [4.78, 5) is 4.39. The second-order valence-electron chi connectivity index (χ2n) is 5.70. The first-order valence-electron chi connectivity index (χ1n) is 8.07. The number of ether oxygens (including phenoxy) is 2. The highest BCUT2D eigenvalue weighted by Crippen LogP contribution is 2.23. The summed E-state index contributed by atoms with van der Waals surface area (Å²) in [5.74, 6) is 1.81. The second-order valence-corrected chi connectivity index (χ2v) is 7.42. The van der Waals surface area contributed by atoms with Gasteiger partial charge >= 0.3 is 0 Å². The molecule has 2 aromatic carbocycles. The van der Waals surface area contributed by atoms with Crippen LogP contribution in [0.4, 0.5) is 0 Å². The first-order valence-corrected chi connectivity index (χ1v) is 9.55. The number of hydrogen-bond acceptors (Lipinski definition) is 7. The average molecular weight is 389 g/mol. The summed E-state index contributed by atoms with van der Waals surface area (Å²) < 4.78 is 42.9. The monoisotopic (exact) mass is 389 g/mol. The maximum atomic E-state index is 12.5. The molecule has 3 aromatic rings. The van der Waals surface area contributed by atoms with Crippen LogP contribution in [0, 0.1) is 0 Å². The Hall–Kier alpha value is -2.91. The molecular weight excluding hydrogens is 370 g/mol. The van der Waals surface area contributed by atoms with Crippen LogP contribution in [-0.4, -0.2) is 32.8 Å². The lowest BCUT2D eigenvalue weighted by Gasteiger charge is -2.11. The number of benzene rings is 2. The molecule has 27 heavy (non-hydrogen) atoms. The molecule has 8 nitrogen and oxygen atoms in total. The van der Waals surface area contributed by atoms with E-state index in [9.17, 15) is 8.42 Å². The Morgan fingerprint density at radius 2 is 1.52 bits per heavy atom. The predicted octanol–water partition coefficient (Wildman–Crippen LogP) is 2.79. The topological polar surface area (TPSA) is 104 Å². The largest absolute Gasteiger partial charge is 0.497 e. The fourth-order valence-corrected chi connectivity index (χ4v) is 3.57. The number of nitrogens with zero attached hydrogens (tertiary/aromatic N) is 2. The van der Waals surface area contributed by atoms with E-state index in [-0.39, 0.29) is 10.8 Å². The summed E-state index contributed by atoms with van der Waals surface area (Å²) in [5.41, 5.74) is 0.732. The summed E-state index contributed by atoms with van der Waals surface area (Å²) in [5, 5.41) is 3.91. The van der Waals surface area contributed by atoms with Gasteiger partial charge in [-0.25, -0.2) is 8.42 Å². The molecule has 9 heteroatoms. The average Bonchev–Trinajstić information content (AvgIpc) is 3.18. The quantitative estimate of drug-likeness (QED) is 0.662. The molecule has 1 N–H and O–H groups in total. The Bertz CT molecular complexity index is 998. The predicted molar refractivity (Wildman–Crippen MR) is 98.0 cm³/mol. The highest BCUT2D eigenvalue weighted by atomic mass is 32.2. The molecule has 0 bridgehead atoms. The van der Waals surface area contributed by atoms with Crippen molar-refractivity contribution < 1.29 is 22.4 Å². The molecule has 0 spiro atoms. The van der Waals surface area contributed by atoms with Gasteiger partial charge in [-0.2, -0.15) is 9.71 Å². The molecule has 0 fully saturated rings. The van der Waals surface area contributed by atoms with Crippen molar-refractivity contribution in [1.82, 2.24) is 14.9 Å². The third kappa shape index (κ3) is 4.26. The molecule has 0 amide bonds. The van der Waals surface area contributed by atoms with E-state index in [1.165, 1.54) is 19.2 Å². The number of hydrogen-bond donors (Lipinski definition) is 1. The van der Waals surface area contributed by atoms with Crippen molar-refractivity contribution in [3.8, 4) is 22.9 Å². The molecule has 0 unspecified atom stereocenters. The van der Waals surface area contributed by atoms with Crippen molar-refractivity contribution in [3.05, 3.63) is 54.4 Å². The molecule has 0 aliphatic heterocycles. The van der Waals surface area contributed by atoms with E-state index in [1.807, 2.05) is 0 Å². The summed E-state index contributed by atoms with van der Waals surface area (Å²) >= 11 is 0. The van der Waals surface area contributed by atoms with E-state index >= 15 is 0 Å². The van der Waals surface area contributed by atoms with Gasteiger partial charge in [0.25, 0.3) is 0 Å². The van der Waals surface area contributed by atoms with Gasteiger partial charge in [0, 0.05) is 5.56 Å². The number of nitrogens with one attached hydrogen (secondary N) is 1. The Morgan fingerprint density at radius 3 is 2.07 bits per heavy atom. The van der Waals surface area contributed by atoms with E-state index in [4.69, 9.17) is 14.0 Å². The third-order valence-corrected chi connectivity index (χ3v) is 5.42. The van der Waals surface area contributed by atoms with Gasteiger partial charge in [-0.05, 0) is 55.5 Å². The molecule has 0 aliphatic carbocycles. The van der Waals surface area contributed by atoms with Gasteiger partial charge in [0.1, 0.15) is 11.5 Å². The van der Waals surface area contributed by atoms with Crippen LogP contribution >= 0.6 is 0 Å². The SMILES string of the molecule is COc1ccc(-c2noc([C@@H](C)NS(=O)(=O)c3ccc(OC)cc3)n2)cc1. The molecule has 0 saturated heterocycles. The number of methoxy groups -OCH3 is 2. The van der Waals surface area contributed by atoms with Gasteiger partial charge < -0.3 is 14.0 Å². The summed E-state index contributed by atoms with van der Waals surface area (Å²) in [6.07, 6.45) is 0. The van der Waals surface area contributed by atoms with Gasteiger partial charge in [0.15, 0.2) is 0 Å². The zero-order valence-electron chi connectivity index (χ0n) is 15.0. The van der Waals surface area contributed by atoms with Crippen LogP contribution < -0.4 is 14.2 Å². The van der Waals surface area contributed by atoms with Crippen molar-refractivity contribution in [2.45, 2.75) is 17.9 Å². The Kier molecular flexibility index (Phi) is 5.43. The maximum absolute atomic E-state index is 12.5. The van der Waals surface area contributed by atoms with Crippen LogP contribution in [0.5, 0.6) is 11.5 Å². The number of rotatable bonds is 7. The molecule has 1 heterocycles. The summed E-state index contributed by atoms with van der Waals surface area (Å²) in [6, 6.07) is 12.5. The maximum Gasteiger partial charge on any atom is 0.244 e. The Labute approximate surface area is 157 Å². The highest BCUT2D eigenvalue weighted by Gasteiger charge is 2.22. The molecule has 142 valence electrons. The molecule has 1 atom stereocenters. The van der Waals surface area contributed by atoms with Crippen LogP contribution in [0.3, 0.4) is 0 Å². The van der Waals surface area contributed by atoms with E-state index in [0.717, 1.165) is 5.56 Å². The Morgan fingerprint density at radius 1 is 0.963 bits per heavy atom. The van der Waals surface area contributed by atoms with Crippen molar-refractivity contribution in [1.29, 1.82) is 0 Å². The lowest BCUT2D eigenvalue weighted by atomic mass is 10.2. The molecule has 0 saturated carbocycles. The van der Waals surface area contributed by atoms with Crippen molar-refractivity contribution >= 4 is 10.0 Å². The van der Waals surface area contributed by atoms with Gasteiger partial charge in [0.2, 0.25) is 21.7 Å². The summed E-state index contributed by atoms with van der Waals surface area (Å²) in [6.45, 7) is 1.63. The van der Waals surface area contributed by atoms with E-state index in [2.05, 4.69) is 14.9 Å². The number of aromatic nitrogens is 2. The van der Waals surface area contributed by atoms with Gasteiger partial charge in [-0.15, -0.1) is 0 Å². The molecule has 0 aliphatic rings. The van der Waals surface area contributed by atoms with Crippen LogP contribution in [0.1, 0.15) is 18.9 Å². The van der Waals surface area contributed by atoms with Crippen molar-refractivity contribution in [3.63, 3.8) is 0 Å². The fraction of sp³-hybridized carbons (Fsp3) is 0.222. The Balaban J connectivity index is 1.75. The van der Waals surface area contributed by atoms with Crippen molar-refractivity contribution in [2.24, 2.45) is 0 Å². The molecule has 0 radical (unpaired) electrons. The molecular formula is C18H19N3O5S. The minimum absolute atomic E-state index is 0.116. The lowest BCUT2D eigenvalue weighted by Crippen LogP contribution is -2.27. The lowest BCUT2D eigenvalue weighted by molar-refractivity contribution is 0.354. The van der Waals surface area contributed by atoms with E-state index in [0.29, 0.717) is 17.3 Å². The molecule has 1 aromatic heterocycles. The number of sulfonamides is 1. The third-order valence-electron chi connectivity index (χ3n) is 3.86. The minimum atomic E-state index is -3.75. The van der Waals surface area contributed by atoms with Crippen LogP contribution in [0.2, 0.25) is 0 Å². The first kappa shape index (κ1) is 18.9. The van der Waals surface area contributed by atoms with E-state index in [1.54, 1.807) is 50.4 Å². The van der Waals surface area contributed by atoms with Gasteiger partial charge in [-0.1, -0.05) is 5.16 Å². The van der Waals surface area contributed by atoms with E-state index < -0.39 is 16.1 Å². The van der Waals surface area contributed by atoms with Crippen LogP contribution in [0.25, 0.3) is 11.4 Å². The highest BCUT2D eigenvalue weighted by molar-refractivity contribution is 7.89. The summed E-state index contributed by atoms with van der Waals surface area (Å²) in [7, 11) is -0.652. The van der Waals surface area contributed by atoms with Gasteiger partial charge in [-0.3, -0.25) is 0 Å². The minimum Gasteiger partial charge on any atom is -0.497 e. The zero-order chi connectivity index (χ0) is 19.4. The standard InChI is InChI=1S/C18H19N3O5S/c1-12(21-27(22,23)16-10-8-15(25-3)9-11-16)18-19-17(20-26-18)13-4-6-14(24-2)7-5-13/h4-12,21H,1-3H3/t12-/m1/s1. The normalized spacial score (nSPS) is 12.6. The van der Waals surface area contributed by atoms with Crippen molar-refractivity contribution in [2.75, 3.05) is 14.2 Å². The first-order chi connectivity index (χ1) is 12.9.